The van der Waals surface area contributed by atoms with Crippen LogP contribution >= 0.6 is 11.6 Å². The molecule has 2 atom stereocenters. The summed E-state index contributed by atoms with van der Waals surface area (Å²) in [5.41, 5.74) is 0.550. The number of esters is 1. The molecule has 0 aromatic carbocycles. The van der Waals surface area contributed by atoms with Crippen molar-refractivity contribution in [2.45, 2.75) is 19.1 Å². The standard InChI is InChI=1S/C11H14ClNO4/c1-2-17-11(16)8-3-7(5-13-6-8)10(15)9(14)4-12/h3,5-6,9-10,14-15H,2,4H2,1H3. The Balaban J connectivity index is 2.89. The molecular formula is C11H14ClNO4. The lowest BCUT2D eigenvalue weighted by Crippen LogP contribution is -2.20. The number of aliphatic hydroxyl groups is 2. The van der Waals surface area contributed by atoms with Crippen LogP contribution in [0.1, 0.15) is 28.9 Å². The van der Waals surface area contributed by atoms with E-state index in [4.69, 9.17) is 16.3 Å². The molecule has 0 radical (unpaired) electrons. The Kier molecular flexibility index (Phi) is 5.34. The number of aliphatic hydroxyl groups excluding tert-OH is 2. The number of pyridine rings is 1. The normalized spacial score (nSPS) is 14.1. The van der Waals surface area contributed by atoms with Crippen LogP contribution in [0.3, 0.4) is 0 Å². The molecule has 2 unspecified atom stereocenters. The third-order valence-electron chi connectivity index (χ3n) is 2.13. The predicted molar refractivity (Wildman–Crippen MR) is 61.9 cm³/mol. The van der Waals surface area contributed by atoms with Crippen LogP contribution in [0.2, 0.25) is 0 Å². The van der Waals surface area contributed by atoms with Gasteiger partial charge in [0.05, 0.1) is 24.2 Å². The highest BCUT2D eigenvalue weighted by molar-refractivity contribution is 6.18. The summed E-state index contributed by atoms with van der Waals surface area (Å²) in [7, 11) is 0. The first-order chi connectivity index (χ1) is 8.10. The molecule has 1 heterocycles. The largest absolute Gasteiger partial charge is 0.462 e. The first-order valence-electron chi connectivity index (χ1n) is 5.14. The van der Waals surface area contributed by atoms with Crippen molar-refractivity contribution < 1.29 is 19.7 Å². The lowest BCUT2D eigenvalue weighted by atomic mass is 10.1. The number of carbonyl (C=O) groups excluding carboxylic acids is 1. The van der Waals surface area contributed by atoms with E-state index in [1.807, 2.05) is 0 Å². The summed E-state index contributed by atoms with van der Waals surface area (Å²) in [5.74, 6) is -0.625. The number of ether oxygens (including phenoxy) is 1. The molecule has 2 N–H and O–H groups in total. The van der Waals surface area contributed by atoms with Gasteiger partial charge in [0.1, 0.15) is 6.10 Å². The van der Waals surface area contributed by atoms with Crippen LogP contribution in [0.25, 0.3) is 0 Å². The minimum Gasteiger partial charge on any atom is -0.462 e. The Morgan fingerprint density at radius 1 is 1.53 bits per heavy atom. The second kappa shape index (κ2) is 6.54. The zero-order chi connectivity index (χ0) is 12.8. The topological polar surface area (TPSA) is 79.7 Å². The molecule has 94 valence electrons. The molecule has 0 saturated carbocycles. The Labute approximate surface area is 104 Å². The van der Waals surface area contributed by atoms with E-state index in [-0.39, 0.29) is 18.1 Å². The summed E-state index contributed by atoms with van der Waals surface area (Å²) in [5, 5.41) is 19.1. The van der Waals surface area contributed by atoms with Gasteiger partial charge in [-0.25, -0.2) is 4.79 Å². The van der Waals surface area contributed by atoms with Crippen LogP contribution in [0, 0.1) is 0 Å². The van der Waals surface area contributed by atoms with Gasteiger partial charge in [-0.1, -0.05) is 0 Å². The first-order valence-corrected chi connectivity index (χ1v) is 5.67. The van der Waals surface area contributed by atoms with Gasteiger partial charge >= 0.3 is 5.97 Å². The SMILES string of the molecule is CCOC(=O)c1cncc(C(O)C(O)CCl)c1. The van der Waals surface area contributed by atoms with E-state index < -0.39 is 18.2 Å². The van der Waals surface area contributed by atoms with Gasteiger partial charge < -0.3 is 14.9 Å². The average molecular weight is 260 g/mol. The number of halogens is 1. The van der Waals surface area contributed by atoms with Crippen LogP contribution in [0.15, 0.2) is 18.5 Å². The van der Waals surface area contributed by atoms with E-state index in [2.05, 4.69) is 4.98 Å². The fourth-order valence-electron chi connectivity index (χ4n) is 1.25. The van der Waals surface area contributed by atoms with Crippen LogP contribution in [-0.4, -0.2) is 39.8 Å². The summed E-state index contributed by atoms with van der Waals surface area (Å²) in [6, 6.07) is 1.42. The summed E-state index contributed by atoms with van der Waals surface area (Å²) in [6.45, 7) is 1.96. The molecule has 1 rings (SSSR count). The van der Waals surface area contributed by atoms with E-state index >= 15 is 0 Å². The molecule has 1 aromatic heterocycles. The zero-order valence-corrected chi connectivity index (χ0v) is 10.1. The van der Waals surface area contributed by atoms with Crippen LogP contribution in [0.5, 0.6) is 0 Å². The number of alkyl halides is 1. The van der Waals surface area contributed by atoms with Gasteiger partial charge in [-0.3, -0.25) is 4.98 Å². The molecular weight excluding hydrogens is 246 g/mol. The van der Waals surface area contributed by atoms with Gasteiger partial charge in [-0.05, 0) is 13.0 Å². The molecule has 6 heteroatoms. The second-order valence-electron chi connectivity index (χ2n) is 3.39. The Morgan fingerprint density at radius 2 is 2.24 bits per heavy atom. The first kappa shape index (κ1) is 13.9. The van der Waals surface area contributed by atoms with E-state index in [9.17, 15) is 15.0 Å². The maximum absolute atomic E-state index is 11.4. The molecule has 0 amide bonds. The van der Waals surface area contributed by atoms with Crippen molar-refractivity contribution in [3.8, 4) is 0 Å². The number of aromatic nitrogens is 1. The van der Waals surface area contributed by atoms with E-state index in [1.165, 1.54) is 18.5 Å². The molecule has 0 aliphatic rings. The fourth-order valence-corrected chi connectivity index (χ4v) is 1.42. The van der Waals surface area contributed by atoms with E-state index in [1.54, 1.807) is 6.92 Å². The zero-order valence-electron chi connectivity index (χ0n) is 9.34. The van der Waals surface area contributed by atoms with Crippen LogP contribution < -0.4 is 0 Å². The lowest BCUT2D eigenvalue weighted by Gasteiger charge is -2.15. The molecule has 0 saturated heterocycles. The highest BCUT2D eigenvalue weighted by atomic mass is 35.5. The van der Waals surface area contributed by atoms with Gasteiger partial charge in [-0.15, -0.1) is 11.6 Å². The molecule has 0 aliphatic carbocycles. The highest BCUT2D eigenvalue weighted by Gasteiger charge is 2.19. The van der Waals surface area contributed by atoms with Crippen LogP contribution in [0.4, 0.5) is 0 Å². The summed E-state index contributed by atoms with van der Waals surface area (Å²) in [4.78, 5) is 15.2. The summed E-state index contributed by atoms with van der Waals surface area (Å²) in [6.07, 6.45) is 0.426. The molecule has 5 nitrogen and oxygen atoms in total. The third kappa shape index (κ3) is 3.66. The van der Waals surface area contributed by atoms with Crippen molar-refractivity contribution >= 4 is 17.6 Å². The smallest absolute Gasteiger partial charge is 0.339 e. The van der Waals surface area contributed by atoms with Crippen molar-refractivity contribution in [1.29, 1.82) is 0 Å². The summed E-state index contributed by atoms with van der Waals surface area (Å²) >= 11 is 5.43. The van der Waals surface area contributed by atoms with Crippen molar-refractivity contribution in [1.82, 2.24) is 4.98 Å². The third-order valence-corrected chi connectivity index (χ3v) is 2.45. The van der Waals surface area contributed by atoms with Crippen molar-refractivity contribution in [2.24, 2.45) is 0 Å². The molecule has 0 aliphatic heterocycles. The van der Waals surface area contributed by atoms with Gasteiger partial charge in [0, 0.05) is 18.0 Å². The van der Waals surface area contributed by atoms with Crippen molar-refractivity contribution in [2.75, 3.05) is 12.5 Å². The highest BCUT2D eigenvalue weighted by Crippen LogP contribution is 2.18. The average Bonchev–Trinajstić information content (AvgIpc) is 2.37. The second-order valence-corrected chi connectivity index (χ2v) is 3.70. The monoisotopic (exact) mass is 259 g/mol. The maximum Gasteiger partial charge on any atom is 0.339 e. The Hall–Kier alpha value is -1.17. The number of carbonyl (C=O) groups is 1. The molecule has 1 aromatic rings. The number of nitrogens with zero attached hydrogens (tertiary/aromatic N) is 1. The number of rotatable bonds is 5. The maximum atomic E-state index is 11.4. The quantitative estimate of drug-likeness (QED) is 0.606. The van der Waals surface area contributed by atoms with Crippen molar-refractivity contribution in [3.05, 3.63) is 29.6 Å². The molecule has 0 fully saturated rings. The molecule has 17 heavy (non-hydrogen) atoms. The number of hydrogen-bond acceptors (Lipinski definition) is 5. The number of hydrogen-bond donors (Lipinski definition) is 2. The molecule has 0 spiro atoms. The molecule has 0 bridgehead atoms. The van der Waals surface area contributed by atoms with E-state index in [0.29, 0.717) is 5.56 Å². The minimum atomic E-state index is -1.17. The fraction of sp³-hybridized carbons (Fsp3) is 0.455. The van der Waals surface area contributed by atoms with Gasteiger partial charge in [-0.2, -0.15) is 0 Å². The van der Waals surface area contributed by atoms with Gasteiger partial charge in [0.2, 0.25) is 0 Å². The van der Waals surface area contributed by atoms with Crippen molar-refractivity contribution in [3.63, 3.8) is 0 Å². The predicted octanol–water partition coefficient (Wildman–Crippen LogP) is 0.891. The van der Waals surface area contributed by atoms with Gasteiger partial charge in [0.25, 0.3) is 0 Å². The van der Waals surface area contributed by atoms with Gasteiger partial charge in [0.15, 0.2) is 0 Å². The Morgan fingerprint density at radius 3 is 2.82 bits per heavy atom. The lowest BCUT2D eigenvalue weighted by molar-refractivity contribution is 0.0322. The summed E-state index contributed by atoms with van der Waals surface area (Å²) < 4.78 is 4.80. The minimum absolute atomic E-state index is 0.106. The van der Waals surface area contributed by atoms with E-state index in [0.717, 1.165) is 0 Å². The Bertz CT molecular complexity index is 385. The van der Waals surface area contributed by atoms with Crippen LogP contribution in [-0.2, 0) is 4.74 Å².